The first-order valence-electron chi connectivity index (χ1n) is 5.74. The molecule has 4 nitrogen and oxygen atoms in total. The average Bonchev–Trinajstić information content (AvgIpc) is 2.21. The second-order valence-corrected chi connectivity index (χ2v) is 4.07. The third-order valence-electron chi connectivity index (χ3n) is 2.57. The number of aliphatic hydroxyl groups is 1. The third kappa shape index (κ3) is 2.84. The van der Waals surface area contributed by atoms with Gasteiger partial charge in [0.05, 0.1) is 11.3 Å². The van der Waals surface area contributed by atoms with Crippen LogP contribution in [0.2, 0.25) is 0 Å². The molecular formula is C12H19NO3. The SMILES string of the molecule is CCON=C(CC)C1=C(O)CC(C)CC1=O. The van der Waals surface area contributed by atoms with Crippen LogP contribution in [0.25, 0.3) is 0 Å². The highest BCUT2D eigenvalue weighted by atomic mass is 16.6. The van der Waals surface area contributed by atoms with Crippen LogP contribution in [-0.4, -0.2) is 23.2 Å². The van der Waals surface area contributed by atoms with Crippen LogP contribution in [-0.2, 0) is 9.63 Å². The number of Topliss-reactive ketones (excluding diaryl/α,β-unsaturated/α-hetero) is 1. The summed E-state index contributed by atoms with van der Waals surface area (Å²) in [5.74, 6) is 0.335. The first-order valence-corrected chi connectivity index (χ1v) is 5.74. The highest BCUT2D eigenvalue weighted by molar-refractivity contribution is 6.22. The van der Waals surface area contributed by atoms with E-state index in [2.05, 4.69) is 5.16 Å². The average molecular weight is 225 g/mol. The number of nitrogens with zero attached hydrogens (tertiary/aromatic N) is 1. The van der Waals surface area contributed by atoms with Crippen LogP contribution in [0.4, 0.5) is 0 Å². The van der Waals surface area contributed by atoms with Gasteiger partial charge in [0.15, 0.2) is 5.78 Å². The topological polar surface area (TPSA) is 58.9 Å². The van der Waals surface area contributed by atoms with E-state index in [1.54, 1.807) is 0 Å². The molecule has 0 aromatic carbocycles. The van der Waals surface area contributed by atoms with E-state index in [0.29, 0.717) is 37.2 Å². The van der Waals surface area contributed by atoms with Gasteiger partial charge in [0.2, 0.25) is 0 Å². The molecule has 90 valence electrons. The fourth-order valence-electron chi connectivity index (χ4n) is 1.84. The summed E-state index contributed by atoms with van der Waals surface area (Å²) in [5.41, 5.74) is 0.922. The van der Waals surface area contributed by atoms with Crippen LogP contribution in [0.15, 0.2) is 16.5 Å². The van der Waals surface area contributed by atoms with Gasteiger partial charge in [0.25, 0.3) is 0 Å². The van der Waals surface area contributed by atoms with E-state index in [4.69, 9.17) is 4.84 Å². The Hall–Kier alpha value is -1.32. The maximum Gasteiger partial charge on any atom is 0.168 e. The second kappa shape index (κ2) is 5.68. The van der Waals surface area contributed by atoms with Crippen molar-refractivity contribution in [2.45, 2.75) is 40.0 Å². The van der Waals surface area contributed by atoms with Gasteiger partial charge in [-0.3, -0.25) is 4.79 Å². The number of rotatable bonds is 4. The van der Waals surface area contributed by atoms with Crippen LogP contribution < -0.4 is 0 Å². The number of hydrogen-bond donors (Lipinski definition) is 1. The lowest BCUT2D eigenvalue weighted by molar-refractivity contribution is -0.116. The zero-order valence-electron chi connectivity index (χ0n) is 10.1. The number of hydrogen-bond acceptors (Lipinski definition) is 4. The van der Waals surface area contributed by atoms with E-state index in [9.17, 15) is 9.90 Å². The van der Waals surface area contributed by atoms with Crippen molar-refractivity contribution in [3.8, 4) is 0 Å². The molecule has 0 bridgehead atoms. The van der Waals surface area contributed by atoms with E-state index in [1.807, 2.05) is 20.8 Å². The molecule has 16 heavy (non-hydrogen) atoms. The lowest BCUT2D eigenvalue weighted by Crippen LogP contribution is -2.23. The monoisotopic (exact) mass is 225 g/mol. The lowest BCUT2D eigenvalue weighted by atomic mass is 9.86. The van der Waals surface area contributed by atoms with Crippen molar-refractivity contribution in [2.75, 3.05) is 6.61 Å². The number of carbonyl (C=O) groups excluding carboxylic acids is 1. The molecule has 0 aromatic rings. The number of ketones is 1. The van der Waals surface area contributed by atoms with Crippen LogP contribution in [0.5, 0.6) is 0 Å². The summed E-state index contributed by atoms with van der Waals surface area (Å²) in [7, 11) is 0. The van der Waals surface area contributed by atoms with Gasteiger partial charge in [-0.15, -0.1) is 0 Å². The Labute approximate surface area is 96.0 Å². The smallest absolute Gasteiger partial charge is 0.168 e. The second-order valence-electron chi connectivity index (χ2n) is 4.07. The van der Waals surface area contributed by atoms with E-state index >= 15 is 0 Å². The minimum atomic E-state index is -0.0310. The normalized spacial score (nSPS) is 22.6. The van der Waals surface area contributed by atoms with Crippen molar-refractivity contribution in [3.63, 3.8) is 0 Å². The van der Waals surface area contributed by atoms with Crippen molar-refractivity contribution in [2.24, 2.45) is 11.1 Å². The quantitative estimate of drug-likeness (QED) is 0.591. The minimum absolute atomic E-state index is 0.0310. The molecule has 0 fully saturated rings. The zero-order valence-corrected chi connectivity index (χ0v) is 10.1. The molecule has 0 saturated carbocycles. The Morgan fingerprint density at radius 2 is 2.19 bits per heavy atom. The van der Waals surface area contributed by atoms with Crippen molar-refractivity contribution in [1.29, 1.82) is 0 Å². The molecule has 0 radical (unpaired) electrons. The summed E-state index contributed by atoms with van der Waals surface area (Å²) >= 11 is 0. The highest BCUT2D eigenvalue weighted by Gasteiger charge is 2.28. The van der Waals surface area contributed by atoms with E-state index in [0.717, 1.165) is 0 Å². The molecular weight excluding hydrogens is 206 g/mol. The van der Waals surface area contributed by atoms with Gasteiger partial charge >= 0.3 is 0 Å². The molecule has 0 saturated heterocycles. The highest BCUT2D eigenvalue weighted by Crippen LogP contribution is 2.26. The van der Waals surface area contributed by atoms with E-state index in [1.165, 1.54) is 0 Å². The maximum atomic E-state index is 11.8. The predicted molar refractivity (Wildman–Crippen MR) is 62.4 cm³/mol. The van der Waals surface area contributed by atoms with E-state index in [-0.39, 0.29) is 17.5 Å². The van der Waals surface area contributed by atoms with Crippen LogP contribution >= 0.6 is 0 Å². The number of oxime groups is 1. The Kier molecular flexibility index (Phi) is 4.52. The van der Waals surface area contributed by atoms with Gasteiger partial charge in [0, 0.05) is 12.8 Å². The van der Waals surface area contributed by atoms with E-state index < -0.39 is 0 Å². The fraction of sp³-hybridized carbons (Fsp3) is 0.667. The Morgan fingerprint density at radius 3 is 2.69 bits per heavy atom. The van der Waals surface area contributed by atoms with Gasteiger partial charge in [0.1, 0.15) is 12.4 Å². The molecule has 0 spiro atoms. The standard InChI is InChI=1S/C12H19NO3/c1-4-9(13-16-5-2)12-10(14)6-8(3)7-11(12)15/h8,14H,4-7H2,1-3H3. The molecule has 1 atom stereocenters. The summed E-state index contributed by atoms with van der Waals surface area (Å²) in [6.07, 6.45) is 1.61. The molecule has 1 rings (SSSR count). The first kappa shape index (κ1) is 12.7. The molecule has 1 aliphatic carbocycles. The lowest BCUT2D eigenvalue weighted by Gasteiger charge is -2.20. The zero-order chi connectivity index (χ0) is 12.1. The van der Waals surface area contributed by atoms with Crippen molar-refractivity contribution in [1.82, 2.24) is 0 Å². The molecule has 1 unspecified atom stereocenters. The first-order chi connectivity index (χ1) is 7.60. The van der Waals surface area contributed by atoms with Gasteiger partial charge in [-0.1, -0.05) is 19.0 Å². The minimum Gasteiger partial charge on any atom is -0.511 e. The molecule has 0 aliphatic heterocycles. The Bertz CT molecular complexity index is 331. The molecule has 0 amide bonds. The Balaban J connectivity index is 2.99. The summed E-state index contributed by atoms with van der Waals surface area (Å²) in [6.45, 7) is 6.14. The van der Waals surface area contributed by atoms with Gasteiger partial charge in [-0.25, -0.2) is 0 Å². The summed E-state index contributed by atoms with van der Waals surface area (Å²) in [6, 6.07) is 0. The third-order valence-corrected chi connectivity index (χ3v) is 2.57. The van der Waals surface area contributed by atoms with Gasteiger partial charge in [-0.05, 0) is 19.3 Å². The van der Waals surface area contributed by atoms with Crippen LogP contribution in [0.1, 0.15) is 40.0 Å². The molecule has 0 aromatic heterocycles. The van der Waals surface area contributed by atoms with Crippen molar-refractivity contribution in [3.05, 3.63) is 11.3 Å². The fourth-order valence-corrected chi connectivity index (χ4v) is 1.84. The molecule has 0 heterocycles. The molecule has 1 N–H and O–H groups in total. The van der Waals surface area contributed by atoms with Gasteiger partial charge in [-0.2, -0.15) is 0 Å². The summed E-state index contributed by atoms with van der Waals surface area (Å²) in [4.78, 5) is 16.8. The van der Waals surface area contributed by atoms with Crippen LogP contribution in [0.3, 0.4) is 0 Å². The largest absolute Gasteiger partial charge is 0.511 e. The number of allylic oxidation sites excluding steroid dienone is 2. The van der Waals surface area contributed by atoms with Crippen molar-refractivity contribution >= 4 is 11.5 Å². The number of aliphatic hydroxyl groups excluding tert-OH is 1. The van der Waals surface area contributed by atoms with Crippen molar-refractivity contribution < 1.29 is 14.7 Å². The summed E-state index contributed by atoms with van der Waals surface area (Å²) in [5, 5.41) is 13.7. The predicted octanol–water partition coefficient (Wildman–Crippen LogP) is 2.60. The maximum absolute atomic E-state index is 11.8. The number of carbonyl (C=O) groups is 1. The Morgan fingerprint density at radius 1 is 1.50 bits per heavy atom. The van der Waals surface area contributed by atoms with Crippen LogP contribution in [0, 0.1) is 5.92 Å². The van der Waals surface area contributed by atoms with Gasteiger partial charge < -0.3 is 9.94 Å². The summed E-state index contributed by atoms with van der Waals surface area (Å²) < 4.78 is 0. The molecule has 1 aliphatic rings. The molecule has 4 heteroatoms.